The summed E-state index contributed by atoms with van der Waals surface area (Å²) in [6.07, 6.45) is 1.09. The minimum Gasteiger partial charge on any atom is -0.396 e. The quantitative estimate of drug-likeness (QED) is 0.728. The van der Waals surface area contributed by atoms with E-state index in [4.69, 9.17) is 10.2 Å². The summed E-state index contributed by atoms with van der Waals surface area (Å²) in [4.78, 5) is 12.7. The average Bonchev–Trinajstić information content (AvgIpc) is 2.48. The second-order valence-electron chi connectivity index (χ2n) is 5.00. The molecular formula is C17H16O3S. The molecular weight excluding hydrogens is 284 g/mol. The van der Waals surface area contributed by atoms with E-state index in [0.29, 0.717) is 18.2 Å². The lowest BCUT2D eigenvalue weighted by Crippen LogP contribution is -2.05. The van der Waals surface area contributed by atoms with Gasteiger partial charge in [0.1, 0.15) is 0 Å². The molecule has 1 heterocycles. The fourth-order valence-electron chi connectivity index (χ4n) is 2.62. The predicted octanol–water partition coefficient (Wildman–Crippen LogP) is 2.48. The van der Waals surface area contributed by atoms with Crippen molar-refractivity contribution in [2.45, 2.75) is 12.8 Å². The SMILES string of the molecule is O=c1c2ccc(CCO)cc2sc2cccc(CCO)c12. The van der Waals surface area contributed by atoms with Crippen molar-refractivity contribution in [1.29, 1.82) is 0 Å². The van der Waals surface area contributed by atoms with Crippen LogP contribution in [0.5, 0.6) is 0 Å². The summed E-state index contributed by atoms with van der Waals surface area (Å²) in [5.41, 5.74) is 1.96. The van der Waals surface area contributed by atoms with E-state index >= 15 is 0 Å². The summed E-state index contributed by atoms with van der Waals surface area (Å²) in [5, 5.41) is 19.6. The van der Waals surface area contributed by atoms with Gasteiger partial charge < -0.3 is 10.2 Å². The first kappa shape index (κ1) is 14.2. The second-order valence-corrected chi connectivity index (χ2v) is 6.08. The number of aliphatic hydroxyl groups is 2. The average molecular weight is 300 g/mol. The van der Waals surface area contributed by atoms with Crippen LogP contribution in [0.25, 0.3) is 20.2 Å². The molecule has 0 unspecified atom stereocenters. The summed E-state index contributed by atoms with van der Waals surface area (Å²) in [5.74, 6) is 0. The smallest absolute Gasteiger partial charge is 0.196 e. The molecule has 21 heavy (non-hydrogen) atoms. The normalized spacial score (nSPS) is 11.3. The Morgan fingerprint density at radius 1 is 0.952 bits per heavy atom. The van der Waals surface area contributed by atoms with Gasteiger partial charge in [-0.2, -0.15) is 0 Å². The van der Waals surface area contributed by atoms with Crippen molar-refractivity contribution < 1.29 is 10.2 Å². The number of hydrogen-bond donors (Lipinski definition) is 2. The van der Waals surface area contributed by atoms with Crippen molar-refractivity contribution in [3.63, 3.8) is 0 Å². The monoisotopic (exact) mass is 300 g/mol. The Balaban J connectivity index is 2.32. The van der Waals surface area contributed by atoms with Gasteiger partial charge in [-0.3, -0.25) is 4.79 Å². The molecule has 1 aromatic heterocycles. The molecule has 0 saturated heterocycles. The van der Waals surface area contributed by atoms with Gasteiger partial charge in [-0.1, -0.05) is 18.2 Å². The lowest BCUT2D eigenvalue weighted by atomic mass is 10.0. The van der Waals surface area contributed by atoms with E-state index in [2.05, 4.69) is 0 Å². The molecule has 0 fully saturated rings. The first-order valence-corrected chi connectivity index (χ1v) is 7.75. The van der Waals surface area contributed by atoms with Crippen LogP contribution in [0.1, 0.15) is 11.1 Å². The Kier molecular flexibility index (Phi) is 4.01. The van der Waals surface area contributed by atoms with Crippen LogP contribution >= 0.6 is 11.3 Å². The van der Waals surface area contributed by atoms with Crippen LogP contribution in [0.15, 0.2) is 41.2 Å². The number of hydrogen-bond acceptors (Lipinski definition) is 4. The zero-order valence-corrected chi connectivity index (χ0v) is 12.3. The van der Waals surface area contributed by atoms with E-state index < -0.39 is 0 Å². The number of fused-ring (bicyclic) bond motifs is 2. The highest BCUT2D eigenvalue weighted by Crippen LogP contribution is 2.27. The topological polar surface area (TPSA) is 57.5 Å². The van der Waals surface area contributed by atoms with E-state index in [1.807, 2.05) is 36.4 Å². The molecule has 108 valence electrons. The van der Waals surface area contributed by atoms with Crippen LogP contribution in [-0.4, -0.2) is 23.4 Å². The Morgan fingerprint density at radius 3 is 2.52 bits per heavy atom. The molecule has 0 aliphatic rings. The van der Waals surface area contributed by atoms with Crippen LogP contribution in [-0.2, 0) is 12.8 Å². The van der Waals surface area contributed by atoms with Crippen LogP contribution in [0.2, 0.25) is 0 Å². The molecule has 0 saturated carbocycles. The highest BCUT2D eigenvalue weighted by molar-refractivity contribution is 7.24. The Bertz CT molecular complexity index is 851. The van der Waals surface area contributed by atoms with Gasteiger partial charge in [0.05, 0.1) is 0 Å². The Hall–Kier alpha value is -1.75. The van der Waals surface area contributed by atoms with Crippen LogP contribution in [0.3, 0.4) is 0 Å². The van der Waals surface area contributed by atoms with Gasteiger partial charge in [0.15, 0.2) is 5.43 Å². The maximum atomic E-state index is 12.7. The second kappa shape index (κ2) is 5.93. The zero-order valence-electron chi connectivity index (χ0n) is 11.5. The highest BCUT2D eigenvalue weighted by atomic mass is 32.1. The molecule has 0 atom stereocenters. The number of benzene rings is 2. The molecule has 2 aromatic carbocycles. The van der Waals surface area contributed by atoms with E-state index in [1.54, 1.807) is 11.3 Å². The van der Waals surface area contributed by atoms with Crippen molar-refractivity contribution in [2.24, 2.45) is 0 Å². The van der Waals surface area contributed by atoms with Gasteiger partial charge >= 0.3 is 0 Å². The molecule has 0 aliphatic heterocycles. The summed E-state index contributed by atoms with van der Waals surface area (Å²) < 4.78 is 1.89. The largest absolute Gasteiger partial charge is 0.396 e. The minimum atomic E-state index is 0.0262. The molecule has 0 amide bonds. The maximum absolute atomic E-state index is 12.7. The maximum Gasteiger partial charge on any atom is 0.196 e. The molecule has 0 bridgehead atoms. The number of aliphatic hydroxyl groups excluding tert-OH is 2. The van der Waals surface area contributed by atoms with E-state index in [9.17, 15) is 4.79 Å². The molecule has 0 aliphatic carbocycles. The standard InChI is InChI=1S/C17H16O3S/c18-8-6-11-4-5-13-15(10-11)21-14-3-1-2-12(7-9-19)16(14)17(13)20/h1-5,10,18-19H,6-9H2. The molecule has 0 spiro atoms. The highest BCUT2D eigenvalue weighted by Gasteiger charge is 2.10. The Labute approximate surface area is 126 Å². The van der Waals surface area contributed by atoms with Gasteiger partial charge in [-0.05, 0) is 42.2 Å². The summed E-state index contributed by atoms with van der Waals surface area (Å²) >= 11 is 1.58. The number of rotatable bonds is 4. The fraction of sp³-hybridized carbons (Fsp3) is 0.235. The van der Waals surface area contributed by atoms with Gasteiger partial charge in [-0.15, -0.1) is 11.3 Å². The third-order valence-corrected chi connectivity index (χ3v) is 4.75. The fourth-order valence-corrected chi connectivity index (χ4v) is 3.82. The van der Waals surface area contributed by atoms with Crippen molar-refractivity contribution >= 4 is 31.5 Å². The first-order chi connectivity index (χ1) is 10.2. The van der Waals surface area contributed by atoms with Gasteiger partial charge in [0.25, 0.3) is 0 Å². The van der Waals surface area contributed by atoms with Crippen molar-refractivity contribution in [3.05, 3.63) is 57.7 Å². The van der Waals surface area contributed by atoms with Gasteiger partial charge in [0.2, 0.25) is 0 Å². The molecule has 2 N–H and O–H groups in total. The summed E-state index contributed by atoms with van der Waals surface area (Å²) in [6.45, 7) is 0.144. The van der Waals surface area contributed by atoms with Crippen LogP contribution < -0.4 is 5.43 Å². The van der Waals surface area contributed by atoms with Crippen LogP contribution in [0.4, 0.5) is 0 Å². The molecule has 0 radical (unpaired) electrons. The molecule has 3 aromatic rings. The molecule has 4 heteroatoms. The zero-order chi connectivity index (χ0) is 14.8. The van der Waals surface area contributed by atoms with E-state index in [0.717, 1.165) is 25.9 Å². The minimum absolute atomic E-state index is 0.0262. The predicted molar refractivity (Wildman–Crippen MR) is 87.2 cm³/mol. The third-order valence-electron chi connectivity index (χ3n) is 3.63. The molecule has 3 nitrogen and oxygen atoms in total. The summed E-state index contributed by atoms with van der Waals surface area (Å²) in [7, 11) is 0. The Morgan fingerprint density at radius 2 is 1.76 bits per heavy atom. The summed E-state index contributed by atoms with van der Waals surface area (Å²) in [6, 6.07) is 11.5. The molecule has 3 rings (SSSR count). The third kappa shape index (κ3) is 2.58. The van der Waals surface area contributed by atoms with Crippen molar-refractivity contribution in [2.75, 3.05) is 13.2 Å². The first-order valence-electron chi connectivity index (χ1n) is 6.93. The lowest BCUT2D eigenvalue weighted by Gasteiger charge is -2.07. The lowest BCUT2D eigenvalue weighted by molar-refractivity contribution is 0.299. The van der Waals surface area contributed by atoms with Crippen molar-refractivity contribution in [1.82, 2.24) is 0 Å². The van der Waals surface area contributed by atoms with Gasteiger partial charge in [-0.25, -0.2) is 0 Å². The van der Waals surface area contributed by atoms with E-state index in [-0.39, 0.29) is 18.6 Å². The van der Waals surface area contributed by atoms with E-state index in [1.165, 1.54) is 0 Å². The van der Waals surface area contributed by atoms with Crippen LogP contribution in [0, 0.1) is 0 Å². The van der Waals surface area contributed by atoms with Gasteiger partial charge in [0, 0.05) is 33.4 Å². The van der Waals surface area contributed by atoms with Crippen molar-refractivity contribution in [3.8, 4) is 0 Å².